The summed E-state index contributed by atoms with van der Waals surface area (Å²) in [6, 6.07) is 2.88. The molecule has 4 N–H and O–H groups in total. The number of pyridine rings is 1. The maximum atomic E-state index is 11.7. The molecule has 110 valence electrons. The van der Waals surface area contributed by atoms with Crippen LogP contribution >= 0.6 is 0 Å². The van der Waals surface area contributed by atoms with Crippen LogP contribution in [-0.4, -0.2) is 39.3 Å². The Hall–Kier alpha value is -2.15. The van der Waals surface area contributed by atoms with Gasteiger partial charge in [0.25, 0.3) is 0 Å². The zero-order valence-corrected chi connectivity index (χ0v) is 11.5. The van der Waals surface area contributed by atoms with Crippen molar-refractivity contribution < 1.29 is 19.8 Å². The van der Waals surface area contributed by atoms with Gasteiger partial charge in [-0.3, -0.25) is 9.78 Å². The Balaban J connectivity index is 2.42. The lowest BCUT2D eigenvalue weighted by Gasteiger charge is -2.22. The lowest BCUT2D eigenvalue weighted by molar-refractivity contribution is -0.141. The maximum absolute atomic E-state index is 11.7. The van der Waals surface area contributed by atoms with Crippen molar-refractivity contribution in [3.05, 3.63) is 30.1 Å². The van der Waals surface area contributed by atoms with E-state index in [-0.39, 0.29) is 12.6 Å². The van der Waals surface area contributed by atoms with Gasteiger partial charge < -0.3 is 20.8 Å². The summed E-state index contributed by atoms with van der Waals surface area (Å²) < 4.78 is 0. The first-order valence-corrected chi connectivity index (χ1v) is 6.18. The molecule has 1 rings (SSSR count). The van der Waals surface area contributed by atoms with Crippen molar-refractivity contribution >= 4 is 12.0 Å². The van der Waals surface area contributed by atoms with Gasteiger partial charge in [0, 0.05) is 18.9 Å². The number of carbonyl (C=O) groups is 2. The average molecular weight is 281 g/mol. The summed E-state index contributed by atoms with van der Waals surface area (Å²) in [6.45, 7) is 3.00. The number of rotatable bonds is 6. The third-order valence-electron chi connectivity index (χ3n) is 2.69. The predicted octanol–water partition coefficient (Wildman–Crippen LogP) is 0.667. The van der Waals surface area contributed by atoms with E-state index in [0.717, 1.165) is 5.56 Å². The number of urea groups is 1. The minimum Gasteiger partial charge on any atom is -0.481 e. The fourth-order valence-corrected chi connectivity index (χ4v) is 1.62. The second-order valence-corrected chi connectivity index (χ2v) is 4.90. The summed E-state index contributed by atoms with van der Waals surface area (Å²) in [5.41, 5.74) is -0.638. The minimum absolute atomic E-state index is 0.148. The topological polar surface area (TPSA) is 112 Å². The molecule has 20 heavy (non-hydrogen) atoms. The number of hydrogen-bond donors (Lipinski definition) is 4. The van der Waals surface area contributed by atoms with Crippen molar-refractivity contribution in [2.45, 2.75) is 31.9 Å². The van der Waals surface area contributed by atoms with Gasteiger partial charge >= 0.3 is 12.0 Å². The summed E-state index contributed by atoms with van der Waals surface area (Å²) in [6.07, 6.45) is 2.84. The molecule has 7 nitrogen and oxygen atoms in total. The molecule has 0 radical (unpaired) electrons. The molecular weight excluding hydrogens is 262 g/mol. The maximum Gasteiger partial charge on any atom is 0.315 e. The summed E-state index contributed by atoms with van der Waals surface area (Å²) in [7, 11) is 0. The zero-order valence-electron chi connectivity index (χ0n) is 11.5. The zero-order chi connectivity index (χ0) is 15.2. The van der Waals surface area contributed by atoms with Crippen LogP contribution in [0.4, 0.5) is 4.79 Å². The monoisotopic (exact) mass is 281 g/mol. The summed E-state index contributed by atoms with van der Waals surface area (Å²) in [5.74, 6) is -1.12. The highest BCUT2D eigenvalue weighted by molar-refractivity contribution is 5.74. The Morgan fingerprint density at radius 3 is 2.75 bits per heavy atom. The van der Waals surface area contributed by atoms with Gasteiger partial charge in [0.1, 0.15) is 0 Å². The van der Waals surface area contributed by atoms with Crippen LogP contribution in [0.3, 0.4) is 0 Å². The van der Waals surface area contributed by atoms with Crippen molar-refractivity contribution in [1.29, 1.82) is 0 Å². The molecule has 1 heterocycles. The molecule has 1 aromatic rings. The van der Waals surface area contributed by atoms with Gasteiger partial charge in [0.15, 0.2) is 0 Å². The van der Waals surface area contributed by atoms with E-state index in [1.165, 1.54) is 6.92 Å². The van der Waals surface area contributed by atoms with E-state index in [9.17, 15) is 14.7 Å². The number of aliphatic hydroxyl groups is 1. The number of aliphatic carboxylic acids is 1. The van der Waals surface area contributed by atoms with Crippen molar-refractivity contribution in [3.63, 3.8) is 0 Å². The molecule has 0 spiro atoms. The lowest BCUT2D eigenvalue weighted by atomic mass is 10.0. The fraction of sp³-hybridized carbons (Fsp3) is 0.462. The van der Waals surface area contributed by atoms with E-state index in [4.69, 9.17) is 5.11 Å². The quantitative estimate of drug-likeness (QED) is 0.612. The summed E-state index contributed by atoms with van der Waals surface area (Å²) in [5, 5.41) is 23.5. The number of amides is 2. The summed E-state index contributed by atoms with van der Waals surface area (Å²) in [4.78, 5) is 26.1. The van der Waals surface area contributed by atoms with Crippen LogP contribution in [0.1, 0.15) is 31.9 Å². The molecule has 0 saturated heterocycles. The second kappa shape index (κ2) is 6.85. The molecular formula is C13H19N3O4. The van der Waals surface area contributed by atoms with Gasteiger partial charge in [-0.15, -0.1) is 0 Å². The van der Waals surface area contributed by atoms with E-state index < -0.39 is 24.0 Å². The van der Waals surface area contributed by atoms with E-state index in [0.29, 0.717) is 0 Å². The molecule has 0 saturated carbocycles. The van der Waals surface area contributed by atoms with Crippen LogP contribution in [0, 0.1) is 0 Å². The van der Waals surface area contributed by atoms with E-state index in [1.807, 2.05) is 6.07 Å². The van der Waals surface area contributed by atoms with Crippen LogP contribution < -0.4 is 10.6 Å². The van der Waals surface area contributed by atoms with Gasteiger partial charge in [-0.1, -0.05) is 6.07 Å². The number of carbonyl (C=O) groups excluding carboxylic acids is 1. The van der Waals surface area contributed by atoms with Gasteiger partial charge in [0.2, 0.25) is 0 Å². The molecule has 2 unspecified atom stereocenters. The van der Waals surface area contributed by atoms with E-state index >= 15 is 0 Å². The molecule has 0 aliphatic carbocycles. The minimum atomic E-state index is -1.49. The number of aromatic nitrogens is 1. The number of nitrogens with zero attached hydrogens (tertiary/aromatic N) is 1. The van der Waals surface area contributed by atoms with Crippen LogP contribution in [0.2, 0.25) is 0 Å². The molecule has 0 aromatic carbocycles. The molecule has 1 aromatic heterocycles. The standard InChI is InChI=1S/C13H19N3O4/c1-9(10-4-3-5-14-7-10)16-12(19)15-8-13(2,20)6-11(17)18/h3-5,7,9,20H,6,8H2,1-2H3,(H,17,18)(H2,15,16,19). The van der Waals surface area contributed by atoms with E-state index in [1.54, 1.807) is 25.4 Å². The largest absolute Gasteiger partial charge is 0.481 e. The number of carboxylic acids is 1. The first-order chi connectivity index (χ1) is 9.30. The van der Waals surface area contributed by atoms with Crippen LogP contribution in [0.25, 0.3) is 0 Å². The molecule has 0 fully saturated rings. The molecule has 0 aliphatic heterocycles. The SMILES string of the molecule is CC(NC(=O)NCC(C)(O)CC(=O)O)c1cccnc1. The van der Waals surface area contributed by atoms with Crippen LogP contribution in [0.5, 0.6) is 0 Å². The highest BCUT2D eigenvalue weighted by Gasteiger charge is 2.25. The Bertz CT molecular complexity index is 462. The highest BCUT2D eigenvalue weighted by atomic mass is 16.4. The number of carboxylic acid groups (broad SMARTS) is 1. The van der Waals surface area contributed by atoms with E-state index in [2.05, 4.69) is 15.6 Å². The Morgan fingerprint density at radius 2 is 2.20 bits per heavy atom. The highest BCUT2D eigenvalue weighted by Crippen LogP contribution is 2.10. The number of nitrogens with one attached hydrogen (secondary N) is 2. The van der Waals surface area contributed by atoms with Gasteiger partial charge in [0.05, 0.1) is 18.1 Å². The van der Waals surface area contributed by atoms with Crippen molar-refractivity contribution in [3.8, 4) is 0 Å². The first kappa shape index (κ1) is 15.9. The lowest BCUT2D eigenvalue weighted by Crippen LogP contribution is -2.46. The Morgan fingerprint density at radius 1 is 1.50 bits per heavy atom. The summed E-state index contributed by atoms with van der Waals surface area (Å²) >= 11 is 0. The predicted molar refractivity (Wildman–Crippen MR) is 72.1 cm³/mol. The average Bonchev–Trinajstić information content (AvgIpc) is 2.36. The Labute approximate surface area is 117 Å². The van der Waals surface area contributed by atoms with Crippen molar-refractivity contribution in [1.82, 2.24) is 15.6 Å². The molecule has 2 amide bonds. The van der Waals surface area contributed by atoms with Gasteiger partial charge in [-0.2, -0.15) is 0 Å². The van der Waals surface area contributed by atoms with Gasteiger partial charge in [-0.25, -0.2) is 4.79 Å². The molecule has 0 aliphatic rings. The third-order valence-corrected chi connectivity index (χ3v) is 2.69. The Kier molecular flexibility index (Phi) is 5.45. The van der Waals surface area contributed by atoms with Crippen molar-refractivity contribution in [2.24, 2.45) is 0 Å². The van der Waals surface area contributed by atoms with Gasteiger partial charge in [-0.05, 0) is 25.5 Å². The normalized spacial score (nSPS) is 14.9. The molecule has 7 heteroatoms. The second-order valence-electron chi connectivity index (χ2n) is 4.90. The smallest absolute Gasteiger partial charge is 0.315 e. The molecule has 2 atom stereocenters. The number of hydrogen-bond acceptors (Lipinski definition) is 4. The molecule has 0 bridgehead atoms. The fourth-order valence-electron chi connectivity index (χ4n) is 1.62. The van der Waals surface area contributed by atoms with Crippen LogP contribution in [0.15, 0.2) is 24.5 Å². The van der Waals surface area contributed by atoms with Crippen molar-refractivity contribution in [2.75, 3.05) is 6.54 Å². The first-order valence-electron chi connectivity index (χ1n) is 6.18. The third kappa shape index (κ3) is 5.66. The van der Waals surface area contributed by atoms with Crippen LogP contribution in [-0.2, 0) is 4.79 Å².